The third kappa shape index (κ3) is 2.69. The second kappa shape index (κ2) is 6.20. The molecule has 2 aromatic rings. The zero-order valence-corrected chi connectivity index (χ0v) is 14.9. The highest BCUT2D eigenvalue weighted by Crippen LogP contribution is 2.68. The number of β-amino-alcohol motifs (C(OH)–C–C–N with tert-alkyl or cyclic N) is 1. The Labute approximate surface area is 150 Å². The lowest BCUT2D eigenvalue weighted by molar-refractivity contribution is -0.129. The van der Waals surface area contributed by atoms with Gasteiger partial charge in [-0.05, 0) is 24.3 Å². The number of hydrogen-bond donors (Lipinski definition) is 2. The smallest absolute Gasteiger partial charge is 0.228 e. The summed E-state index contributed by atoms with van der Waals surface area (Å²) < 4.78 is 0. The number of thiazole rings is 1. The van der Waals surface area contributed by atoms with E-state index in [1.165, 1.54) is 11.3 Å². The zero-order chi connectivity index (χ0) is 17.6. The van der Waals surface area contributed by atoms with Crippen molar-refractivity contribution in [3.8, 4) is 0 Å². The molecule has 1 aliphatic carbocycles. The van der Waals surface area contributed by atoms with Crippen LogP contribution in [0.1, 0.15) is 22.2 Å². The fraction of sp³-hybridized carbons (Fsp3) is 0.474. The molecule has 2 heterocycles. The molecule has 0 bridgehead atoms. The molecule has 1 aromatic carbocycles. The molecule has 2 N–H and O–H groups in total. The van der Waals surface area contributed by atoms with Gasteiger partial charge >= 0.3 is 0 Å². The topological polar surface area (TPSA) is 73.7 Å². The highest BCUT2D eigenvalue weighted by molar-refractivity contribution is 7.09. The summed E-state index contributed by atoms with van der Waals surface area (Å²) in [5.41, 5.74) is 1.51. The molecule has 1 aliphatic heterocycles. The van der Waals surface area contributed by atoms with Crippen molar-refractivity contribution in [2.24, 2.45) is 11.3 Å². The number of amides is 1. The molecule has 132 valence electrons. The summed E-state index contributed by atoms with van der Waals surface area (Å²) >= 11 is 1.54. The number of aryl methyl sites for hydroxylation is 1. The average molecular weight is 358 g/mol. The SMILES string of the molecule is Cc1nc(CC(=O)N2C[C@H](O)[C@@]3(C2)[C@H](CO)[C@H]3c2ccccc2)cs1. The molecule has 4 atom stereocenters. The molecule has 4 rings (SSSR count). The quantitative estimate of drug-likeness (QED) is 0.870. The first-order valence-electron chi connectivity index (χ1n) is 8.59. The van der Waals surface area contributed by atoms with Crippen LogP contribution in [0.2, 0.25) is 0 Å². The van der Waals surface area contributed by atoms with Gasteiger partial charge in [-0.2, -0.15) is 0 Å². The van der Waals surface area contributed by atoms with Gasteiger partial charge in [0.05, 0.1) is 23.2 Å². The van der Waals surface area contributed by atoms with Crippen LogP contribution >= 0.6 is 11.3 Å². The van der Waals surface area contributed by atoms with Gasteiger partial charge in [-0.15, -0.1) is 11.3 Å². The van der Waals surface area contributed by atoms with E-state index in [0.717, 1.165) is 16.3 Å². The van der Waals surface area contributed by atoms with Crippen molar-refractivity contribution in [3.05, 3.63) is 52.0 Å². The van der Waals surface area contributed by atoms with E-state index in [2.05, 4.69) is 4.98 Å². The maximum Gasteiger partial charge on any atom is 0.228 e. The maximum absolute atomic E-state index is 12.6. The molecule has 1 aromatic heterocycles. The lowest BCUT2D eigenvalue weighted by Crippen LogP contribution is -2.31. The molecule has 2 aliphatic rings. The van der Waals surface area contributed by atoms with Crippen molar-refractivity contribution in [1.82, 2.24) is 9.88 Å². The standard InChI is InChI=1S/C19H22N2O3S/c1-12-20-14(10-25-12)7-17(24)21-8-16(23)19(11-21)15(9-22)18(19)13-5-3-2-4-6-13/h2-6,10,15-16,18,22-23H,7-9,11H2,1H3/t15-,16+,18-,19-/m1/s1. The molecule has 1 amide bonds. The number of rotatable bonds is 4. The Morgan fingerprint density at radius 1 is 1.40 bits per heavy atom. The van der Waals surface area contributed by atoms with Crippen LogP contribution in [-0.2, 0) is 11.2 Å². The van der Waals surface area contributed by atoms with E-state index in [0.29, 0.717) is 13.1 Å². The van der Waals surface area contributed by atoms with Gasteiger partial charge in [-0.3, -0.25) is 4.79 Å². The van der Waals surface area contributed by atoms with Crippen LogP contribution in [-0.4, -0.2) is 51.8 Å². The summed E-state index contributed by atoms with van der Waals surface area (Å²) in [4.78, 5) is 18.7. The Hall–Kier alpha value is -1.76. The highest BCUT2D eigenvalue weighted by Gasteiger charge is 2.71. The van der Waals surface area contributed by atoms with Crippen molar-refractivity contribution in [1.29, 1.82) is 0 Å². The lowest BCUT2D eigenvalue weighted by Gasteiger charge is -2.16. The fourth-order valence-electron chi connectivity index (χ4n) is 4.51. The largest absolute Gasteiger partial charge is 0.396 e. The molecule has 0 unspecified atom stereocenters. The van der Waals surface area contributed by atoms with Crippen LogP contribution in [0.15, 0.2) is 35.7 Å². The van der Waals surface area contributed by atoms with Crippen molar-refractivity contribution < 1.29 is 15.0 Å². The summed E-state index contributed by atoms with van der Waals surface area (Å²) in [6, 6.07) is 9.99. The fourth-order valence-corrected chi connectivity index (χ4v) is 5.13. The molecule has 5 nitrogen and oxygen atoms in total. The van der Waals surface area contributed by atoms with Gasteiger partial charge in [0.1, 0.15) is 0 Å². The normalized spacial score (nSPS) is 30.8. The second-order valence-electron chi connectivity index (χ2n) is 7.11. The third-order valence-corrected chi connectivity index (χ3v) is 6.57. The van der Waals surface area contributed by atoms with Gasteiger partial charge in [0.25, 0.3) is 0 Å². The predicted molar refractivity (Wildman–Crippen MR) is 95.3 cm³/mol. The van der Waals surface area contributed by atoms with Crippen LogP contribution in [0.4, 0.5) is 0 Å². The highest BCUT2D eigenvalue weighted by atomic mass is 32.1. The molecule has 1 saturated heterocycles. The first-order valence-corrected chi connectivity index (χ1v) is 9.47. The molecular formula is C19H22N2O3S. The van der Waals surface area contributed by atoms with E-state index in [-0.39, 0.29) is 30.8 Å². The van der Waals surface area contributed by atoms with Gasteiger partial charge in [0, 0.05) is 30.5 Å². The van der Waals surface area contributed by atoms with Gasteiger partial charge in [-0.25, -0.2) is 4.98 Å². The number of aliphatic hydroxyl groups is 2. The minimum Gasteiger partial charge on any atom is -0.396 e. The molecule has 25 heavy (non-hydrogen) atoms. The summed E-state index contributed by atoms with van der Waals surface area (Å²) in [5, 5.41) is 23.4. The van der Waals surface area contributed by atoms with Crippen LogP contribution < -0.4 is 0 Å². The minimum absolute atomic E-state index is 0.00312. The lowest BCUT2D eigenvalue weighted by atomic mass is 9.95. The van der Waals surface area contributed by atoms with Gasteiger partial charge in [-0.1, -0.05) is 30.3 Å². The van der Waals surface area contributed by atoms with Crippen LogP contribution in [0.3, 0.4) is 0 Å². The van der Waals surface area contributed by atoms with Gasteiger partial charge in [0.15, 0.2) is 0 Å². The number of aromatic nitrogens is 1. The number of benzene rings is 1. The van der Waals surface area contributed by atoms with E-state index < -0.39 is 11.5 Å². The monoisotopic (exact) mass is 358 g/mol. The Kier molecular flexibility index (Phi) is 4.14. The Morgan fingerprint density at radius 2 is 2.16 bits per heavy atom. The number of carbonyl (C=O) groups excluding carboxylic acids is 1. The number of carbonyl (C=O) groups is 1. The molecule has 0 radical (unpaired) electrons. The zero-order valence-electron chi connectivity index (χ0n) is 14.1. The average Bonchev–Trinajstić information content (AvgIpc) is 2.86. The molecule has 1 spiro atoms. The Bertz CT molecular complexity index is 778. The van der Waals surface area contributed by atoms with E-state index in [1.54, 1.807) is 4.90 Å². The molecule has 2 fully saturated rings. The first-order chi connectivity index (χ1) is 12.1. The summed E-state index contributed by atoms with van der Waals surface area (Å²) in [7, 11) is 0. The van der Waals surface area contributed by atoms with Crippen molar-refractivity contribution in [3.63, 3.8) is 0 Å². The van der Waals surface area contributed by atoms with Gasteiger partial charge in [0.2, 0.25) is 5.91 Å². The maximum atomic E-state index is 12.6. The Morgan fingerprint density at radius 3 is 2.80 bits per heavy atom. The van der Waals surface area contributed by atoms with Crippen LogP contribution in [0.5, 0.6) is 0 Å². The number of nitrogens with zero attached hydrogens (tertiary/aromatic N) is 2. The number of aliphatic hydroxyl groups excluding tert-OH is 2. The van der Waals surface area contributed by atoms with E-state index in [4.69, 9.17) is 0 Å². The van der Waals surface area contributed by atoms with Crippen molar-refractivity contribution >= 4 is 17.2 Å². The second-order valence-corrected chi connectivity index (χ2v) is 8.18. The predicted octanol–water partition coefficient (Wildman–Crippen LogP) is 1.59. The van der Waals surface area contributed by atoms with E-state index >= 15 is 0 Å². The summed E-state index contributed by atoms with van der Waals surface area (Å²) in [6.07, 6.45) is -0.330. The van der Waals surface area contributed by atoms with Gasteiger partial charge < -0.3 is 15.1 Å². The summed E-state index contributed by atoms with van der Waals surface area (Å²) in [5.74, 6) is 0.105. The molecule has 6 heteroatoms. The Balaban J connectivity index is 1.52. The van der Waals surface area contributed by atoms with Crippen molar-refractivity contribution in [2.45, 2.75) is 25.4 Å². The third-order valence-electron chi connectivity index (χ3n) is 5.75. The molecular weight excluding hydrogens is 336 g/mol. The summed E-state index contributed by atoms with van der Waals surface area (Å²) in [6.45, 7) is 2.79. The van der Waals surface area contributed by atoms with Crippen molar-refractivity contribution in [2.75, 3.05) is 19.7 Å². The van der Waals surface area contributed by atoms with E-state index in [9.17, 15) is 15.0 Å². The molecule has 1 saturated carbocycles. The van der Waals surface area contributed by atoms with Crippen LogP contribution in [0.25, 0.3) is 0 Å². The number of hydrogen-bond acceptors (Lipinski definition) is 5. The number of likely N-dealkylation sites (tertiary alicyclic amines) is 1. The van der Waals surface area contributed by atoms with E-state index in [1.807, 2.05) is 42.6 Å². The van der Waals surface area contributed by atoms with Crippen LogP contribution in [0, 0.1) is 18.3 Å². The first kappa shape index (κ1) is 16.7. The minimum atomic E-state index is -0.601.